The summed E-state index contributed by atoms with van der Waals surface area (Å²) < 4.78 is 4.66. The third-order valence-corrected chi connectivity index (χ3v) is 5.44. The van der Waals surface area contributed by atoms with E-state index in [0.717, 1.165) is 18.5 Å². The number of nitrogens with zero attached hydrogens (tertiary/aromatic N) is 6. The molecule has 32 heavy (non-hydrogen) atoms. The summed E-state index contributed by atoms with van der Waals surface area (Å²) in [6.07, 6.45) is 5.14. The maximum Gasteiger partial charge on any atom is 0.280 e. The van der Waals surface area contributed by atoms with Crippen molar-refractivity contribution in [2.75, 3.05) is 17.7 Å². The average Bonchev–Trinajstić information content (AvgIpc) is 3.38. The molecule has 0 aliphatic heterocycles. The maximum absolute atomic E-state index is 13.1. The lowest BCUT2D eigenvalue weighted by atomic mass is 10.3. The molecule has 0 aromatic carbocycles. The number of hydrogen-bond acceptors (Lipinski definition) is 7. The minimum atomic E-state index is -0.268. The number of fused-ring (bicyclic) bond motifs is 1. The molecule has 5 rings (SSSR count). The highest BCUT2D eigenvalue weighted by Crippen LogP contribution is 2.23. The quantitative estimate of drug-likeness (QED) is 0.422. The topological polar surface area (TPSA) is 123 Å². The second-order valence-electron chi connectivity index (χ2n) is 7.81. The number of amides is 1. The summed E-state index contributed by atoms with van der Waals surface area (Å²) in [5, 5.41) is 18.0. The Bertz CT molecular complexity index is 1370. The smallest absolute Gasteiger partial charge is 0.280 e. The maximum atomic E-state index is 13.1. The molecular weight excluding hydrogens is 410 g/mol. The normalized spacial score (nSPS) is 13.3. The van der Waals surface area contributed by atoms with E-state index in [-0.39, 0.29) is 17.5 Å². The molecule has 11 nitrogen and oxygen atoms in total. The molecule has 3 N–H and O–H groups in total. The van der Waals surface area contributed by atoms with Crippen molar-refractivity contribution in [1.82, 2.24) is 34.3 Å². The SMILES string of the molecule is CNc1cc(Nc2cccn(-c3cc(C)n(C)n3)c2=O)nn2c(C(=O)NC3CC3)cnc12. The highest BCUT2D eigenvalue weighted by molar-refractivity contribution is 5.94. The lowest BCUT2D eigenvalue weighted by Gasteiger charge is -2.11. The molecule has 0 atom stereocenters. The number of nitrogens with one attached hydrogen (secondary N) is 3. The van der Waals surface area contributed by atoms with Crippen molar-refractivity contribution in [2.45, 2.75) is 25.8 Å². The predicted octanol–water partition coefficient (Wildman–Crippen LogP) is 1.60. The van der Waals surface area contributed by atoms with E-state index in [1.54, 1.807) is 36.1 Å². The molecule has 1 amide bonds. The van der Waals surface area contributed by atoms with E-state index in [2.05, 4.69) is 31.1 Å². The van der Waals surface area contributed by atoms with Gasteiger partial charge >= 0.3 is 0 Å². The van der Waals surface area contributed by atoms with Crippen LogP contribution in [0.5, 0.6) is 0 Å². The van der Waals surface area contributed by atoms with Gasteiger partial charge in [0.25, 0.3) is 11.5 Å². The Hall–Kier alpha value is -4.15. The van der Waals surface area contributed by atoms with Crippen LogP contribution in [0, 0.1) is 6.92 Å². The summed E-state index contributed by atoms with van der Waals surface area (Å²) >= 11 is 0. The molecular formula is C21H23N9O2. The number of carbonyl (C=O) groups excluding carboxylic acids is 1. The molecule has 4 aromatic rings. The Labute approximate surface area is 183 Å². The van der Waals surface area contributed by atoms with Gasteiger partial charge in [-0.25, -0.2) is 9.50 Å². The van der Waals surface area contributed by atoms with Gasteiger partial charge in [0.15, 0.2) is 23.0 Å². The number of anilines is 3. The van der Waals surface area contributed by atoms with Gasteiger partial charge in [-0.05, 0) is 31.9 Å². The molecule has 1 saturated carbocycles. The number of aromatic nitrogens is 6. The minimum Gasteiger partial charge on any atom is -0.385 e. The zero-order chi connectivity index (χ0) is 22.4. The van der Waals surface area contributed by atoms with Gasteiger partial charge in [-0.3, -0.25) is 18.8 Å². The largest absolute Gasteiger partial charge is 0.385 e. The van der Waals surface area contributed by atoms with Gasteiger partial charge in [0.2, 0.25) is 0 Å². The van der Waals surface area contributed by atoms with Crippen LogP contribution >= 0.6 is 0 Å². The molecule has 0 unspecified atom stereocenters. The van der Waals surface area contributed by atoms with Crippen LogP contribution in [0.1, 0.15) is 29.0 Å². The van der Waals surface area contributed by atoms with E-state index < -0.39 is 0 Å². The van der Waals surface area contributed by atoms with Crippen molar-refractivity contribution < 1.29 is 4.79 Å². The number of pyridine rings is 1. The van der Waals surface area contributed by atoms with Gasteiger partial charge in [-0.1, -0.05) is 0 Å². The minimum absolute atomic E-state index is 0.219. The van der Waals surface area contributed by atoms with Crippen molar-refractivity contribution in [3.63, 3.8) is 0 Å². The van der Waals surface area contributed by atoms with E-state index in [9.17, 15) is 9.59 Å². The summed E-state index contributed by atoms with van der Waals surface area (Å²) in [4.78, 5) is 30.0. The molecule has 0 bridgehead atoms. The van der Waals surface area contributed by atoms with Gasteiger partial charge in [0.1, 0.15) is 5.69 Å². The lowest BCUT2D eigenvalue weighted by Crippen LogP contribution is -2.27. The molecule has 1 aliphatic carbocycles. The molecule has 4 heterocycles. The zero-order valence-corrected chi connectivity index (χ0v) is 18.0. The molecule has 0 spiro atoms. The monoisotopic (exact) mass is 433 g/mol. The highest BCUT2D eigenvalue weighted by Gasteiger charge is 2.26. The van der Waals surface area contributed by atoms with Gasteiger partial charge in [-0.15, -0.1) is 5.10 Å². The van der Waals surface area contributed by atoms with Crippen molar-refractivity contribution >= 4 is 28.7 Å². The van der Waals surface area contributed by atoms with Crippen molar-refractivity contribution in [3.05, 3.63) is 58.4 Å². The van der Waals surface area contributed by atoms with E-state index in [0.29, 0.717) is 34.4 Å². The predicted molar refractivity (Wildman–Crippen MR) is 120 cm³/mol. The molecule has 1 fully saturated rings. The van der Waals surface area contributed by atoms with Crippen LogP contribution in [0.4, 0.5) is 17.2 Å². The first kappa shape index (κ1) is 19.8. The molecule has 0 radical (unpaired) electrons. The summed E-state index contributed by atoms with van der Waals surface area (Å²) in [7, 11) is 3.59. The third-order valence-electron chi connectivity index (χ3n) is 5.44. The Morgan fingerprint density at radius 2 is 2.00 bits per heavy atom. The second kappa shape index (κ2) is 7.52. The molecule has 11 heteroatoms. The van der Waals surface area contributed by atoms with E-state index >= 15 is 0 Å². The second-order valence-corrected chi connectivity index (χ2v) is 7.81. The number of imidazole rings is 1. The van der Waals surface area contributed by atoms with Crippen molar-refractivity contribution in [3.8, 4) is 5.82 Å². The lowest BCUT2D eigenvalue weighted by molar-refractivity contribution is 0.0944. The first-order valence-corrected chi connectivity index (χ1v) is 10.3. The van der Waals surface area contributed by atoms with Crippen LogP contribution < -0.4 is 21.5 Å². The van der Waals surface area contributed by atoms with Crippen molar-refractivity contribution in [1.29, 1.82) is 0 Å². The first-order chi connectivity index (χ1) is 15.4. The van der Waals surface area contributed by atoms with Crippen LogP contribution in [-0.2, 0) is 7.05 Å². The molecule has 164 valence electrons. The van der Waals surface area contributed by atoms with Gasteiger partial charge in [-0.2, -0.15) is 5.10 Å². The Morgan fingerprint density at radius 1 is 1.19 bits per heavy atom. The molecule has 1 aliphatic rings. The fourth-order valence-corrected chi connectivity index (χ4v) is 3.42. The summed E-state index contributed by atoms with van der Waals surface area (Å²) in [5.74, 6) is 0.707. The number of rotatable bonds is 6. The van der Waals surface area contributed by atoms with Crippen LogP contribution in [0.15, 0.2) is 41.5 Å². The zero-order valence-electron chi connectivity index (χ0n) is 18.0. The highest BCUT2D eigenvalue weighted by atomic mass is 16.2. The van der Waals surface area contributed by atoms with Crippen molar-refractivity contribution in [2.24, 2.45) is 7.05 Å². The van der Waals surface area contributed by atoms with E-state index in [1.807, 2.05) is 20.0 Å². The standard InChI is InChI=1S/C21H23N9O2/c1-12-9-18(27-28(12)3)29-8-4-5-14(21(29)32)25-17-10-15(22-2)19-23-11-16(30(19)26-17)20(31)24-13-6-7-13/h4-5,8-11,13,22H,6-7H2,1-3H3,(H,24,31)(H,25,26). The summed E-state index contributed by atoms with van der Waals surface area (Å²) in [6, 6.07) is 7.24. The Kier molecular flexibility index (Phi) is 4.65. The van der Waals surface area contributed by atoms with Gasteiger partial charge in [0.05, 0.1) is 11.9 Å². The van der Waals surface area contributed by atoms with E-state index in [1.165, 1.54) is 15.3 Å². The summed E-state index contributed by atoms with van der Waals surface area (Å²) in [6.45, 7) is 1.92. The Morgan fingerprint density at radius 3 is 2.69 bits per heavy atom. The Balaban J connectivity index is 1.53. The number of carbonyl (C=O) groups is 1. The van der Waals surface area contributed by atoms with Crippen LogP contribution in [0.2, 0.25) is 0 Å². The van der Waals surface area contributed by atoms with Gasteiger partial charge < -0.3 is 16.0 Å². The average molecular weight is 433 g/mol. The number of hydrogen-bond donors (Lipinski definition) is 3. The first-order valence-electron chi connectivity index (χ1n) is 10.3. The van der Waals surface area contributed by atoms with Crippen LogP contribution in [0.25, 0.3) is 11.5 Å². The fraction of sp³-hybridized carbons (Fsp3) is 0.286. The van der Waals surface area contributed by atoms with Crippen LogP contribution in [0.3, 0.4) is 0 Å². The third kappa shape index (κ3) is 3.47. The van der Waals surface area contributed by atoms with Gasteiger partial charge in [0, 0.05) is 44.2 Å². The molecule has 0 saturated heterocycles. The fourth-order valence-electron chi connectivity index (χ4n) is 3.42. The van der Waals surface area contributed by atoms with E-state index in [4.69, 9.17) is 0 Å². The molecule has 4 aromatic heterocycles. The summed E-state index contributed by atoms with van der Waals surface area (Å²) in [5.41, 5.74) is 2.53. The number of aryl methyl sites for hydroxylation is 2. The van der Waals surface area contributed by atoms with Crippen LogP contribution in [-0.4, -0.2) is 47.9 Å².